The highest BCUT2D eigenvalue weighted by Gasteiger charge is 2.17. The van der Waals surface area contributed by atoms with Crippen LogP contribution in [-0.4, -0.2) is 61.4 Å². The zero-order chi connectivity index (χ0) is 18.9. The normalized spacial score (nSPS) is 16.3. The second-order valence-corrected chi connectivity index (χ2v) is 7.40. The second kappa shape index (κ2) is 10.3. The first-order valence-corrected chi connectivity index (χ1v) is 9.52. The number of anilines is 2. The summed E-state index contributed by atoms with van der Waals surface area (Å²) in [6.45, 7) is 4.83. The van der Waals surface area contributed by atoms with Crippen LogP contribution in [0.25, 0.3) is 0 Å². The first-order chi connectivity index (χ1) is 12.4. The quantitative estimate of drug-likeness (QED) is 0.748. The number of nitrogens with one attached hydrogen (secondary N) is 2. The van der Waals surface area contributed by atoms with Crippen molar-refractivity contribution < 1.29 is 9.59 Å². The SMILES string of the molecule is CC(CCC(=O)Nc1cccc(NC(=O)CN(C)C)c1)N1CCCCC1. The summed E-state index contributed by atoms with van der Waals surface area (Å²) in [5.74, 6) is -0.0561. The molecule has 1 aliphatic rings. The topological polar surface area (TPSA) is 64.7 Å². The zero-order valence-corrected chi connectivity index (χ0v) is 16.3. The molecule has 1 unspecified atom stereocenters. The van der Waals surface area contributed by atoms with E-state index in [1.54, 1.807) is 6.07 Å². The van der Waals surface area contributed by atoms with Crippen LogP contribution in [0.1, 0.15) is 39.0 Å². The summed E-state index contributed by atoms with van der Waals surface area (Å²) in [6, 6.07) is 7.73. The molecule has 1 fully saturated rings. The molecule has 1 aromatic rings. The van der Waals surface area contributed by atoms with E-state index in [1.165, 1.54) is 19.3 Å². The molecule has 6 nitrogen and oxygen atoms in total. The van der Waals surface area contributed by atoms with Crippen molar-refractivity contribution in [3.05, 3.63) is 24.3 Å². The van der Waals surface area contributed by atoms with Gasteiger partial charge in [0.05, 0.1) is 6.54 Å². The smallest absolute Gasteiger partial charge is 0.238 e. The largest absolute Gasteiger partial charge is 0.326 e. The van der Waals surface area contributed by atoms with Crippen molar-refractivity contribution in [3.8, 4) is 0 Å². The molecule has 1 atom stereocenters. The van der Waals surface area contributed by atoms with E-state index in [0.29, 0.717) is 30.4 Å². The fourth-order valence-corrected chi connectivity index (χ4v) is 3.27. The maximum atomic E-state index is 12.3. The van der Waals surface area contributed by atoms with E-state index >= 15 is 0 Å². The van der Waals surface area contributed by atoms with Gasteiger partial charge in [-0.3, -0.25) is 9.59 Å². The summed E-state index contributed by atoms with van der Waals surface area (Å²) in [5.41, 5.74) is 1.40. The van der Waals surface area contributed by atoms with Gasteiger partial charge >= 0.3 is 0 Å². The maximum absolute atomic E-state index is 12.3. The van der Waals surface area contributed by atoms with Gasteiger partial charge in [0.25, 0.3) is 0 Å². The Morgan fingerprint density at radius 2 is 1.69 bits per heavy atom. The molecule has 0 saturated carbocycles. The molecule has 0 bridgehead atoms. The van der Waals surface area contributed by atoms with E-state index in [-0.39, 0.29) is 11.8 Å². The van der Waals surface area contributed by atoms with Crippen molar-refractivity contribution in [1.82, 2.24) is 9.80 Å². The minimum absolute atomic E-state index is 0.0191. The summed E-state index contributed by atoms with van der Waals surface area (Å²) in [7, 11) is 3.70. The van der Waals surface area contributed by atoms with Gasteiger partial charge in [-0.15, -0.1) is 0 Å². The number of amides is 2. The third-order valence-electron chi connectivity index (χ3n) is 4.69. The van der Waals surface area contributed by atoms with Crippen LogP contribution in [0.4, 0.5) is 11.4 Å². The molecule has 2 N–H and O–H groups in total. The minimum atomic E-state index is -0.0752. The van der Waals surface area contributed by atoms with Crippen LogP contribution in [0.2, 0.25) is 0 Å². The number of likely N-dealkylation sites (N-methyl/N-ethyl adjacent to an activating group) is 1. The Morgan fingerprint density at radius 3 is 2.31 bits per heavy atom. The fourth-order valence-electron chi connectivity index (χ4n) is 3.27. The Hall–Kier alpha value is -1.92. The maximum Gasteiger partial charge on any atom is 0.238 e. The summed E-state index contributed by atoms with van der Waals surface area (Å²) in [4.78, 5) is 28.4. The number of carbonyl (C=O) groups is 2. The average molecular weight is 361 g/mol. The fraction of sp³-hybridized carbons (Fsp3) is 0.600. The summed E-state index contributed by atoms with van der Waals surface area (Å²) >= 11 is 0. The number of hydrogen-bond donors (Lipinski definition) is 2. The number of hydrogen-bond acceptors (Lipinski definition) is 4. The van der Waals surface area contributed by atoms with Gasteiger partial charge in [-0.2, -0.15) is 0 Å². The lowest BCUT2D eigenvalue weighted by atomic mass is 10.1. The molecule has 2 rings (SSSR count). The van der Waals surface area contributed by atoms with Crippen LogP contribution >= 0.6 is 0 Å². The predicted molar refractivity (Wildman–Crippen MR) is 106 cm³/mol. The molecule has 1 saturated heterocycles. The molecule has 0 aliphatic carbocycles. The Kier molecular flexibility index (Phi) is 8.06. The molecule has 1 heterocycles. The van der Waals surface area contributed by atoms with Crippen molar-refractivity contribution in [2.75, 3.05) is 44.4 Å². The van der Waals surface area contributed by atoms with Gasteiger partial charge < -0.3 is 20.4 Å². The van der Waals surface area contributed by atoms with Gasteiger partial charge in [-0.25, -0.2) is 0 Å². The molecule has 1 aromatic carbocycles. The second-order valence-electron chi connectivity index (χ2n) is 7.40. The van der Waals surface area contributed by atoms with Crippen molar-refractivity contribution in [1.29, 1.82) is 0 Å². The van der Waals surface area contributed by atoms with E-state index < -0.39 is 0 Å². The van der Waals surface area contributed by atoms with Gasteiger partial charge in [-0.05, 0) is 71.6 Å². The standard InChI is InChI=1S/C20H32N4O2/c1-16(24-12-5-4-6-13-24)10-11-19(25)21-17-8-7-9-18(14-17)22-20(26)15-23(2)3/h7-9,14,16H,4-6,10-13,15H2,1-3H3,(H,21,25)(H,22,26). The minimum Gasteiger partial charge on any atom is -0.326 e. The molecule has 2 amide bonds. The average Bonchev–Trinajstić information content (AvgIpc) is 2.60. The van der Waals surface area contributed by atoms with Crippen molar-refractivity contribution in [3.63, 3.8) is 0 Å². The molecule has 1 aliphatic heterocycles. The predicted octanol–water partition coefficient (Wildman–Crippen LogP) is 2.78. The van der Waals surface area contributed by atoms with Crippen molar-refractivity contribution in [2.24, 2.45) is 0 Å². The first kappa shape index (κ1) is 20.4. The van der Waals surface area contributed by atoms with E-state index in [0.717, 1.165) is 19.5 Å². The van der Waals surface area contributed by atoms with E-state index in [1.807, 2.05) is 37.2 Å². The third-order valence-corrected chi connectivity index (χ3v) is 4.69. The highest BCUT2D eigenvalue weighted by Crippen LogP contribution is 2.17. The molecular weight excluding hydrogens is 328 g/mol. The van der Waals surface area contributed by atoms with Crippen LogP contribution < -0.4 is 10.6 Å². The Morgan fingerprint density at radius 1 is 1.08 bits per heavy atom. The molecular formula is C20H32N4O2. The van der Waals surface area contributed by atoms with E-state index in [2.05, 4.69) is 22.5 Å². The lowest BCUT2D eigenvalue weighted by molar-refractivity contribution is -0.117. The molecule has 0 radical (unpaired) electrons. The van der Waals surface area contributed by atoms with E-state index in [9.17, 15) is 9.59 Å². The van der Waals surface area contributed by atoms with Gasteiger partial charge in [0.15, 0.2) is 0 Å². The lowest BCUT2D eigenvalue weighted by Crippen LogP contribution is -2.37. The Bertz CT molecular complexity index is 597. The van der Waals surface area contributed by atoms with Crippen molar-refractivity contribution >= 4 is 23.2 Å². The Balaban J connectivity index is 1.79. The third kappa shape index (κ3) is 7.14. The Labute approximate surface area is 156 Å². The summed E-state index contributed by atoms with van der Waals surface area (Å²) < 4.78 is 0. The number of nitrogens with zero attached hydrogens (tertiary/aromatic N) is 2. The van der Waals surface area contributed by atoms with Gasteiger partial charge in [0, 0.05) is 23.8 Å². The number of benzene rings is 1. The molecule has 0 aromatic heterocycles. The monoisotopic (exact) mass is 360 g/mol. The van der Waals surface area contributed by atoms with Crippen LogP contribution in [0, 0.1) is 0 Å². The summed E-state index contributed by atoms with van der Waals surface area (Å²) in [5, 5.41) is 5.78. The van der Waals surface area contributed by atoms with Gasteiger partial charge in [-0.1, -0.05) is 12.5 Å². The molecule has 0 spiro atoms. The number of rotatable bonds is 8. The summed E-state index contributed by atoms with van der Waals surface area (Å²) in [6.07, 6.45) is 5.23. The number of likely N-dealkylation sites (tertiary alicyclic amines) is 1. The van der Waals surface area contributed by atoms with Gasteiger partial charge in [0.2, 0.25) is 11.8 Å². The van der Waals surface area contributed by atoms with Crippen LogP contribution in [0.5, 0.6) is 0 Å². The van der Waals surface area contributed by atoms with Crippen LogP contribution in [0.3, 0.4) is 0 Å². The molecule has 6 heteroatoms. The first-order valence-electron chi connectivity index (χ1n) is 9.52. The zero-order valence-electron chi connectivity index (χ0n) is 16.3. The highest BCUT2D eigenvalue weighted by molar-refractivity contribution is 5.94. The molecule has 26 heavy (non-hydrogen) atoms. The molecule has 144 valence electrons. The lowest BCUT2D eigenvalue weighted by Gasteiger charge is -2.32. The van der Waals surface area contributed by atoms with Crippen LogP contribution in [0.15, 0.2) is 24.3 Å². The highest BCUT2D eigenvalue weighted by atomic mass is 16.2. The van der Waals surface area contributed by atoms with Gasteiger partial charge in [0.1, 0.15) is 0 Å². The number of carbonyl (C=O) groups excluding carboxylic acids is 2. The van der Waals surface area contributed by atoms with Crippen molar-refractivity contribution in [2.45, 2.75) is 45.1 Å². The van der Waals surface area contributed by atoms with E-state index in [4.69, 9.17) is 0 Å². The number of piperidine rings is 1. The van der Waals surface area contributed by atoms with Crippen LogP contribution in [-0.2, 0) is 9.59 Å².